The number of nitrogens with zero attached hydrogens (tertiary/aromatic N) is 2. The van der Waals surface area contributed by atoms with Gasteiger partial charge in [0.15, 0.2) is 28.1 Å². The molecule has 1 N–H and O–H groups in total. The van der Waals surface area contributed by atoms with E-state index in [-0.39, 0.29) is 35.4 Å². The Hall–Kier alpha value is -3.18. The van der Waals surface area contributed by atoms with Crippen molar-refractivity contribution >= 4 is 15.7 Å². The van der Waals surface area contributed by atoms with E-state index in [9.17, 15) is 21.6 Å². The van der Waals surface area contributed by atoms with Crippen LogP contribution >= 0.6 is 0 Å². The molecule has 0 aliphatic carbocycles. The van der Waals surface area contributed by atoms with Gasteiger partial charge in [-0.05, 0) is 42.0 Å². The van der Waals surface area contributed by atoms with E-state index < -0.39 is 21.7 Å². The summed E-state index contributed by atoms with van der Waals surface area (Å²) in [6.45, 7) is 0.317. The number of sulfone groups is 1. The van der Waals surface area contributed by atoms with Crippen molar-refractivity contribution in [2.45, 2.75) is 17.6 Å². The Labute approximate surface area is 183 Å². The van der Waals surface area contributed by atoms with Crippen molar-refractivity contribution in [2.75, 3.05) is 25.5 Å². The van der Waals surface area contributed by atoms with Crippen LogP contribution in [0.2, 0.25) is 0 Å². The molecule has 0 radical (unpaired) electrons. The van der Waals surface area contributed by atoms with Crippen LogP contribution in [-0.4, -0.2) is 38.5 Å². The molecule has 0 atom stereocenters. The minimum Gasteiger partial charge on any atom is -0.468 e. The number of benzene rings is 2. The Bertz CT molecular complexity index is 1170. The molecule has 3 rings (SSSR count). The lowest BCUT2D eigenvalue weighted by atomic mass is 10.2. The summed E-state index contributed by atoms with van der Waals surface area (Å²) in [4.78, 5) is 7.82. The standard InChI is InChI=1S/C21H20F3N3O4S/c1-30-13-31-16-7-3-14(4-8-16)12-25-19-11-18(21(22,23)24)26-20(27-19)15-5-9-17(10-6-15)32(2,28)29/h3-11H,12-13H2,1-2H3,(H,25,26,27). The monoisotopic (exact) mass is 467 g/mol. The number of ether oxygens (including phenoxy) is 2. The summed E-state index contributed by atoms with van der Waals surface area (Å²) in [6, 6.07) is 13.1. The van der Waals surface area contributed by atoms with Gasteiger partial charge in [-0.15, -0.1) is 0 Å². The number of rotatable bonds is 8. The quantitative estimate of drug-likeness (QED) is 0.498. The molecule has 0 fully saturated rings. The Morgan fingerprint density at radius 1 is 1.00 bits per heavy atom. The van der Waals surface area contributed by atoms with Crippen molar-refractivity contribution in [3.05, 3.63) is 65.9 Å². The Balaban J connectivity index is 1.84. The molecule has 1 heterocycles. The van der Waals surface area contributed by atoms with Gasteiger partial charge in [-0.1, -0.05) is 12.1 Å². The third-order valence-electron chi connectivity index (χ3n) is 4.30. The van der Waals surface area contributed by atoms with Crippen LogP contribution in [-0.2, 0) is 27.3 Å². The lowest BCUT2D eigenvalue weighted by Gasteiger charge is -2.12. The zero-order valence-electron chi connectivity index (χ0n) is 17.2. The lowest BCUT2D eigenvalue weighted by molar-refractivity contribution is -0.141. The summed E-state index contributed by atoms with van der Waals surface area (Å²) in [5.74, 6) is 0.400. The van der Waals surface area contributed by atoms with Gasteiger partial charge in [0.2, 0.25) is 0 Å². The zero-order chi connectivity index (χ0) is 23.4. The van der Waals surface area contributed by atoms with Crippen LogP contribution in [0.15, 0.2) is 59.5 Å². The first kappa shape index (κ1) is 23.5. The second-order valence-electron chi connectivity index (χ2n) is 6.80. The van der Waals surface area contributed by atoms with Gasteiger partial charge in [-0.25, -0.2) is 18.4 Å². The van der Waals surface area contributed by atoms with Crippen LogP contribution in [0.25, 0.3) is 11.4 Å². The maximum absolute atomic E-state index is 13.4. The molecular formula is C21H20F3N3O4S. The number of nitrogens with one attached hydrogen (secondary N) is 1. The molecular weight excluding hydrogens is 447 g/mol. The van der Waals surface area contributed by atoms with Crippen LogP contribution in [0.3, 0.4) is 0 Å². The predicted octanol–water partition coefficient (Wildman–Crippen LogP) is 4.16. The summed E-state index contributed by atoms with van der Waals surface area (Å²) >= 11 is 0. The molecule has 7 nitrogen and oxygen atoms in total. The molecule has 2 aromatic carbocycles. The number of anilines is 1. The average Bonchev–Trinajstić information content (AvgIpc) is 2.75. The lowest BCUT2D eigenvalue weighted by Crippen LogP contribution is -2.12. The van der Waals surface area contributed by atoms with Gasteiger partial charge < -0.3 is 14.8 Å². The summed E-state index contributed by atoms with van der Waals surface area (Å²) < 4.78 is 73.4. The first-order chi connectivity index (χ1) is 15.1. The largest absolute Gasteiger partial charge is 0.468 e. The fraction of sp³-hybridized carbons (Fsp3) is 0.238. The number of alkyl halides is 3. The zero-order valence-corrected chi connectivity index (χ0v) is 18.0. The second-order valence-corrected chi connectivity index (χ2v) is 8.82. The van der Waals surface area contributed by atoms with Gasteiger partial charge in [0.25, 0.3) is 0 Å². The van der Waals surface area contributed by atoms with Crippen LogP contribution in [0.5, 0.6) is 5.75 Å². The Kier molecular flexibility index (Phi) is 6.99. The third kappa shape index (κ3) is 6.17. The number of halogens is 3. The summed E-state index contributed by atoms with van der Waals surface area (Å²) in [5, 5.41) is 2.87. The summed E-state index contributed by atoms with van der Waals surface area (Å²) in [7, 11) is -1.93. The number of methoxy groups -OCH3 is 1. The van der Waals surface area contributed by atoms with Crippen LogP contribution in [0.4, 0.5) is 19.0 Å². The van der Waals surface area contributed by atoms with Gasteiger partial charge in [-0.2, -0.15) is 13.2 Å². The fourth-order valence-electron chi connectivity index (χ4n) is 2.69. The van der Waals surface area contributed by atoms with Crippen molar-refractivity contribution < 1.29 is 31.1 Å². The molecule has 170 valence electrons. The van der Waals surface area contributed by atoms with Crippen LogP contribution in [0, 0.1) is 0 Å². The highest BCUT2D eigenvalue weighted by atomic mass is 32.2. The van der Waals surface area contributed by atoms with Crippen molar-refractivity contribution in [3.8, 4) is 17.1 Å². The first-order valence-corrected chi connectivity index (χ1v) is 11.2. The molecule has 11 heteroatoms. The van der Waals surface area contributed by atoms with E-state index in [0.29, 0.717) is 5.75 Å². The fourth-order valence-corrected chi connectivity index (χ4v) is 3.32. The molecule has 0 amide bonds. The van der Waals surface area contributed by atoms with Gasteiger partial charge in [0.1, 0.15) is 11.6 Å². The van der Waals surface area contributed by atoms with E-state index in [2.05, 4.69) is 15.3 Å². The van der Waals surface area contributed by atoms with E-state index in [1.807, 2.05) is 0 Å². The molecule has 0 unspecified atom stereocenters. The Morgan fingerprint density at radius 2 is 1.66 bits per heavy atom. The third-order valence-corrected chi connectivity index (χ3v) is 5.43. The van der Waals surface area contributed by atoms with E-state index in [1.165, 1.54) is 31.4 Å². The van der Waals surface area contributed by atoms with Crippen molar-refractivity contribution in [2.24, 2.45) is 0 Å². The predicted molar refractivity (Wildman–Crippen MR) is 112 cm³/mol. The molecule has 32 heavy (non-hydrogen) atoms. The van der Waals surface area contributed by atoms with E-state index >= 15 is 0 Å². The molecule has 0 aliphatic heterocycles. The normalized spacial score (nSPS) is 11.9. The van der Waals surface area contributed by atoms with E-state index in [1.54, 1.807) is 24.3 Å². The summed E-state index contributed by atoms with van der Waals surface area (Å²) in [5.41, 5.74) is -0.0623. The summed E-state index contributed by atoms with van der Waals surface area (Å²) in [6.07, 6.45) is -3.64. The van der Waals surface area contributed by atoms with Gasteiger partial charge in [0.05, 0.1) is 4.90 Å². The average molecular weight is 467 g/mol. The van der Waals surface area contributed by atoms with Crippen LogP contribution < -0.4 is 10.1 Å². The highest BCUT2D eigenvalue weighted by Gasteiger charge is 2.33. The van der Waals surface area contributed by atoms with E-state index in [4.69, 9.17) is 9.47 Å². The molecule has 0 saturated carbocycles. The van der Waals surface area contributed by atoms with Crippen molar-refractivity contribution in [1.82, 2.24) is 9.97 Å². The van der Waals surface area contributed by atoms with Gasteiger partial charge in [-0.3, -0.25) is 0 Å². The SMILES string of the molecule is COCOc1ccc(CNc2cc(C(F)(F)F)nc(-c3ccc(S(C)(=O)=O)cc3)n2)cc1. The molecule has 0 aliphatic rings. The second kappa shape index (κ2) is 9.53. The molecule has 0 bridgehead atoms. The number of hydrogen-bond acceptors (Lipinski definition) is 7. The smallest absolute Gasteiger partial charge is 0.433 e. The molecule has 0 saturated heterocycles. The molecule has 3 aromatic rings. The van der Waals surface area contributed by atoms with Gasteiger partial charge >= 0.3 is 6.18 Å². The Morgan fingerprint density at radius 3 is 2.22 bits per heavy atom. The highest BCUT2D eigenvalue weighted by Crippen LogP contribution is 2.31. The minimum atomic E-state index is -4.68. The first-order valence-electron chi connectivity index (χ1n) is 9.27. The molecule has 0 spiro atoms. The molecule has 1 aromatic heterocycles. The van der Waals surface area contributed by atoms with Crippen LogP contribution in [0.1, 0.15) is 11.3 Å². The number of aromatic nitrogens is 2. The highest BCUT2D eigenvalue weighted by molar-refractivity contribution is 7.90. The van der Waals surface area contributed by atoms with Crippen molar-refractivity contribution in [3.63, 3.8) is 0 Å². The van der Waals surface area contributed by atoms with Crippen molar-refractivity contribution in [1.29, 1.82) is 0 Å². The minimum absolute atomic E-state index is 0.0192. The topological polar surface area (TPSA) is 90.4 Å². The maximum atomic E-state index is 13.4. The van der Waals surface area contributed by atoms with E-state index in [0.717, 1.165) is 17.9 Å². The number of hydrogen-bond donors (Lipinski definition) is 1. The van der Waals surface area contributed by atoms with Gasteiger partial charge in [0, 0.05) is 31.5 Å². The maximum Gasteiger partial charge on any atom is 0.433 e.